The molecule has 78 valence electrons. The van der Waals surface area contributed by atoms with E-state index in [0.717, 1.165) is 5.56 Å². The van der Waals surface area contributed by atoms with Gasteiger partial charge in [-0.1, -0.05) is 37.3 Å². The molecule has 0 saturated heterocycles. The highest BCUT2D eigenvalue weighted by atomic mass is 17.1. The first kappa shape index (κ1) is 11.2. The fraction of sp³-hybridized carbons (Fsp3) is 0.455. The van der Waals surface area contributed by atoms with E-state index >= 15 is 0 Å². The Bertz CT molecular complexity index is 244. The Morgan fingerprint density at radius 3 is 2.43 bits per heavy atom. The lowest BCUT2D eigenvalue weighted by Crippen LogP contribution is -2.16. The van der Waals surface area contributed by atoms with Gasteiger partial charge in [-0.15, -0.1) is 0 Å². The maximum absolute atomic E-state index is 8.50. The normalized spacial score (nSPS) is 15.1. The lowest BCUT2D eigenvalue weighted by Gasteiger charge is -2.18. The highest BCUT2D eigenvalue weighted by Gasteiger charge is 2.12. The van der Waals surface area contributed by atoms with Gasteiger partial charge >= 0.3 is 0 Å². The van der Waals surface area contributed by atoms with E-state index in [2.05, 4.69) is 4.89 Å². The second kappa shape index (κ2) is 5.75. The van der Waals surface area contributed by atoms with Crippen molar-refractivity contribution in [2.45, 2.75) is 32.7 Å². The SMILES string of the molecule is CCC(OO)OC(C)c1ccccc1. The summed E-state index contributed by atoms with van der Waals surface area (Å²) in [5.41, 5.74) is 1.07. The molecular weight excluding hydrogens is 180 g/mol. The Kier molecular flexibility index (Phi) is 4.59. The van der Waals surface area contributed by atoms with E-state index in [1.165, 1.54) is 0 Å². The van der Waals surface area contributed by atoms with Crippen molar-refractivity contribution in [2.75, 3.05) is 0 Å². The maximum atomic E-state index is 8.50. The minimum Gasteiger partial charge on any atom is -0.342 e. The molecule has 0 saturated carbocycles. The molecule has 0 aromatic heterocycles. The standard InChI is InChI=1S/C11H16O3/c1-3-11(14-12)13-9(2)10-7-5-4-6-8-10/h4-9,11-12H,3H2,1-2H3. The molecule has 0 aliphatic rings. The van der Waals surface area contributed by atoms with E-state index in [1.54, 1.807) is 0 Å². The molecule has 0 aliphatic carbocycles. The zero-order valence-electron chi connectivity index (χ0n) is 8.51. The zero-order valence-corrected chi connectivity index (χ0v) is 8.51. The van der Waals surface area contributed by atoms with E-state index in [4.69, 9.17) is 9.99 Å². The van der Waals surface area contributed by atoms with Crippen LogP contribution in [0, 0.1) is 0 Å². The van der Waals surface area contributed by atoms with E-state index in [0.29, 0.717) is 6.42 Å². The summed E-state index contributed by atoms with van der Waals surface area (Å²) in [6, 6.07) is 9.82. The minimum absolute atomic E-state index is 0.0756. The van der Waals surface area contributed by atoms with Crippen molar-refractivity contribution in [1.29, 1.82) is 0 Å². The summed E-state index contributed by atoms with van der Waals surface area (Å²) in [6.07, 6.45) is -0.00766. The smallest absolute Gasteiger partial charge is 0.191 e. The van der Waals surface area contributed by atoms with Gasteiger partial charge in [0.2, 0.25) is 0 Å². The van der Waals surface area contributed by atoms with Gasteiger partial charge in [0.1, 0.15) is 0 Å². The van der Waals surface area contributed by atoms with Crippen molar-refractivity contribution >= 4 is 0 Å². The second-order valence-electron chi connectivity index (χ2n) is 3.13. The molecule has 0 radical (unpaired) electrons. The van der Waals surface area contributed by atoms with Crippen molar-refractivity contribution in [1.82, 2.24) is 0 Å². The molecule has 0 aliphatic heterocycles. The molecule has 1 N–H and O–H groups in total. The van der Waals surface area contributed by atoms with Crippen molar-refractivity contribution < 1.29 is 14.9 Å². The average molecular weight is 196 g/mol. The fourth-order valence-electron chi connectivity index (χ4n) is 1.23. The molecule has 3 nitrogen and oxygen atoms in total. The quantitative estimate of drug-likeness (QED) is 0.447. The number of hydrogen-bond donors (Lipinski definition) is 1. The van der Waals surface area contributed by atoms with Gasteiger partial charge in [-0.3, -0.25) is 0 Å². The number of ether oxygens (including phenoxy) is 1. The molecule has 0 amide bonds. The maximum Gasteiger partial charge on any atom is 0.191 e. The first-order valence-corrected chi connectivity index (χ1v) is 4.78. The number of rotatable bonds is 5. The predicted molar refractivity (Wildman–Crippen MR) is 53.7 cm³/mol. The Labute approximate surface area is 84.2 Å². The van der Waals surface area contributed by atoms with Crippen LogP contribution < -0.4 is 0 Å². The molecule has 0 bridgehead atoms. The van der Waals surface area contributed by atoms with Crippen molar-refractivity contribution in [3.63, 3.8) is 0 Å². The van der Waals surface area contributed by atoms with Gasteiger partial charge in [0.15, 0.2) is 6.29 Å². The van der Waals surface area contributed by atoms with Crippen LogP contribution in [0.4, 0.5) is 0 Å². The summed E-state index contributed by atoms with van der Waals surface area (Å²) in [6.45, 7) is 3.82. The average Bonchev–Trinajstić information content (AvgIpc) is 2.26. The monoisotopic (exact) mass is 196 g/mol. The first-order chi connectivity index (χ1) is 6.77. The van der Waals surface area contributed by atoms with E-state index in [9.17, 15) is 0 Å². The summed E-state index contributed by atoms with van der Waals surface area (Å²) in [4.78, 5) is 4.17. The molecule has 2 atom stereocenters. The zero-order chi connectivity index (χ0) is 10.4. The summed E-state index contributed by atoms with van der Waals surface area (Å²) in [5, 5.41) is 8.50. The Morgan fingerprint density at radius 1 is 1.29 bits per heavy atom. The van der Waals surface area contributed by atoms with Crippen molar-refractivity contribution in [2.24, 2.45) is 0 Å². The second-order valence-corrected chi connectivity index (χ2v) is 3.13. The van der Waals surface area contributed by atoms with Crippen LogP contribution in [0.5, 0.6) is 0 Å². The van der Waals surface area contributed by atoms with Gasteiger partial charge in [-0.2, -0.15) is 0 Å². The third-order valence-corrected chi connectivity index (χ3v) is 2.08. The van der Waals surface area contributed by atoms with Crippen LogP contribution in [0.3, 0.4) is 0 Å². The third kappa shape index (κ3) is 3.10. The summed E-state index contributed by atoms with van der Waals surface area (Å²) in [7, 11) is 0. The predicted octanol–water partition coefficient (Wildman–Crippen LogP) is 2.99. The van der Waals surface area contributed by atoms with Crippen LogP contribution >= 0.6 is 0 Å². The Morgan fingerprint density at radius 2 is 1.93 bits per heavy atom. The lowest BCUT2D eigenvalue weighted by molar-refractivity contribution is -0.354. The summed E-state index contributed by atoms with van der Waals surface area (Å²) >= 11 is 0. The lowest BCUT2D eigenvalue weighted by atomic mass is 10.1. The van der Waals surface area contributed by atoms with Gasteiger partial charge in [0, 0.05) is 0 Å². The van der Waals surface area contributed by atoms with Gasteiger partial charge in [0.05, 0.1) is 6.10 Å². The Balaban J connectivity index is 2.54. The molecular formula is C11H16O3. The van der Waals surface area contributed by atoms with Gasteiger partial charge in [-0.25, -0.2) is 10.1 Å². The minimum atomic E-state index is -0.551. The van der Waals surface area contributed by atoms with E-state index in [1.807, 2.05) is 44.2 Å². The van der Waals surface area contributed by atoms with Crippen molar-refractivity contribution in [3.05, 3.63) is 35.9 Å². The molecule has 1 rings (SSSR count). The van der Waals surface area contributed by atoms with Gasteiger partial charge < -0.3 is 4.74 Å². The highest BCUT2D eigenvalue weighted by molar-refractivity contribution is 5.16. The molecule has 3 heteroatoms. The molecule has 0 spiro atoms. The number of benzene rings is 1. The molecule has 14 heavy (non-hydrogen) atoms. The van der Waals surface area contributed by atoms with Crippen LogP contribution in [0.1, 0.15) is 31.9 Å². The van der Waals surface area contributed by atoms with Crippen LogP contribution in [0.15, 0.2) is 30.3 Å². The summed E-state index contributed by atoms with van der Waals surface area (Å²) < 4.78 is 5.46. The van der Waals surface area contributed by atoms with Crippen LogP contribution in [-0.2, 0) is 9.62 Å². The summed E-state index contributed by atoms with van der Waals surface area (Å²) in [5.74, 6) is 0. The largest absolute Gasteiger partial charge is 0.342 e. The molecule has 1 aromatic carbocycles. The molecule has 2 unspecified atom stereocenters. The highest BCUT2D eigenvalue weighted by Crippen LogP contribution is 2.19. The molecule has 0 heterocycles. The topological polar surface area (TPSA) is 38.7 Å². The van der Waals surface area contributed by atoms with E-state index < -0.39 is 6.29 Å². The third-order valence-electron chi connectivity index (χ3n) is 2.08. The van der Waals surface area contributed by atoms with E-state index in [-0.39, 0.29) is 6.10 Å². The van der Waals surface area contributed by atoms with Gasteiger partial charge in [-0.05, 0) is 18.9 Å². The molecule has 0 fully saturated rings. The Hall–Kier alpha value is -0.900. The van der Waals surface area contributed by atoms with Crippen LogP contribution in [0.25, 0.3) is 0 Å². The first-order valence-electron chi connectivity index (χ1n) is 4.78. The fourth-order valence-corrected chi connectivity index (χ4v) is 1.23. The van der Waals surface area contributed by atoms with Crippen molar-refractivity contribution in [3.8, 4) is 0 Å². The molecule has 1 aromatic rings. The van der Waals surface area contributed by atoms with Crippen LogP contribution in [0.2, 0.25) is 0 Å². The number of hydrogen-bond acceptors (Lipinski definition) is 3. The van der Waals surface area contributed by atoms with Gasteiger partial charge in [0.25, 0.3) is 0 Å². The van der Waals surface area contributed by atoms with Crippen LogP contribution in [-0.4, -0.2) is 11.5 Å².